The number of hydrogen-bond acceptors (Lipinski definition) is 4. The lowest BCUT2D eigenvalue weighted by Gasteiger charge is -2.36. The number of rotatable bonds is 4. The Labute approximate surface area is 197 Å². The highest BCUT2D eigenvalue weighted by molar-refractivity contribution is 5.85. The van der Waals surface area contributed by atoms with Gasteiger partial charge in [-0.2, -0.15) is 18.3 Å². The molecule has 0 saturated carbocycles. The van der Waals surface area contributed by atoms with E-state index in [4.69, 9.17) is 0 Å². The van der Waals surface area contributed by atoms with Gasteiger partial charge in [-0.3, -0.25) is 9.48 Å². The third kappa shape index (κ3) is 4.58. The SMILES string of the molecule is Cc1cc2nn(CC(=O)N3CCC(N4CCCC4)CC3)cc2cc1N1CC=CC=C1C(F)(F)F. The number of hydrogen-bond donors (Lipinski definition) is 0. The molecule has 0 radical (unpaired) electrons. The quantitative estimate of drug-likeness (QED) is 0.666. The van der Waals surface area contributed by atoms with Gasteiger partial charge in [-0.25, -0.2) is 0 Å². The number of nitrogens with zero attached hydrogens (tertiary/aromatic N) is 5. The monoisotopic (exact) mass is 473 g/mol. The molecule has 2 saturated heterocycles. The molecule has 5 rings (SSSR count). The number of likely N-dealkylation sites (tertiary alicyclic amines) is 2. The van der Waals surface area contributed by atoms with Crippen LogP contribution >= 0.6 is 0 Å². The zero-order chi connectivity index (χ0) is 23.9. The number of fused-ring (bicyclic) bond motifs is 1. The lowest BCUT2D eigenvalue weighted by Crippen LogP contribution is -2.46. The Morgan fingerprint density at radius 1 is 1.12 bits per heavy atom. The number of carbonyl (C=O) groups is 1. The fraction of sp³-hybridized carbons (Fsp3) is 0.520. The first-order valence-corrected chi connectivity index (χ1v) is 12.0. The van der Waals surface area contributed by atoms with Crippen LogP contribution in [0.1, 0.15) is 31.2 Å². The molecule has 2 fully saturated rings. The maximum atomic E-state index is 13.6. The number of carbonyl (C=O) groups excluding carboxylic acids is 1. The summed E-state index contributed by atoms with van der Waals surface area (Å²) in [5, 5.41) is 5.25. The summed E-state index contributed by atoms with van der Waals surface area (Å²) in [6, 6.07) is 4.11. The van der Waals surface area contributed by atoms with Crippen molar-refractivity contribution >= 4 is 22.5 Å². The van der Waals surface area contributed by atoms with Gasteiger partial charge in [0.25, 0.3) is 0 Å². The van der Waals surface area contributed by atoms with Crippen molar-refractivity contribution < 1.29 is 18.0 Å². The molecule has 0 spiro atoms. The van der Waals surface area contributed by atoms with Gasteiger partial charge >= 0.3 is 6.18 Å². The summed E-state index contributed by atoms with van der Waals surface area (Å²) in [6.45, 7) is 5.95. The van der Waals surface area contributed by atoms with Gasteiger partial charge < -0.3 is 14.7 Å². The predicted octanol–water partition coefficient (Wildman–Crippen LogP) is 4.25. The Bertz CT molecular complexity index is 1120. The lowest BCUT2D eigenvalue weighted by molar-refractivity contribution is -0.133. The first-order chi connectivity index (χ1) is 16.3. The number of aryl methyl sites for hydroxylation is 1. The molecular formula is C25H30F3N5O. The van der Waals surface area contributed by atoms with Crippen LogP contribution < -0.4 is 4.90 Å². The van der Waals surface area contributed by atoms with E-state index in [-0.39, 0.29) is 19.0 Å². The molecule has 3 aliphatic rings. The highest BCUT2D eigenvalue weighted by atomic mass is 19.4. The molecule has 2 aromatic rings. The molecule has 1 amide bonds. The third-order valence-electron chi connectivity index (χ3n) is 7.19. The van der Waals surface area contributed by atoms with Crippen LogP contribution in [0, 0.1) is 6.92 Å². The molecule has 6 nitrogen and oxygen atoms in total. The molecule has 0 unspecified atom stereocenters. The van der Waals surface area contributed by atoms with Gasteiger partial charge in [0.15, 0.2) is 0 Å². The third-order valence-corrected chi connectivity index (χ3v) is 7.19. The van der Waals surface area contributed by atoms with E-state index < -0.39 is 11.9 Å². The van der Waals surface area contributed by atoms with Gasteiger partial charge in [0.1, 0.15) is 12.2 Å². The number of aromatic nitrogens is 2. The van der Waals surface area contributed by atoms with E-state index in [1.54, 1.807) is 36.0 Å². The number of benzene rings is 1. The number of allylic oxidation sites excluding steroid dienone is 3. The second-order valence-electron chi connectivity index (χ2n) is 9.47. The fourth-order valence-corrected chi connectivity index (χ4v) is 5.40. The summed E-state index contributed by atoms with van der Waals surface area (Å²) >= 11 is 0. The van der Waals surface area contributed by atoms with E-state index in [0.29, 0.717) is 22.8 Å². The summed E-state index contributed by atoms with van der Waals surface area (Å²) in [6.07, 6.45) is 6.12. The minimum Gasteiger partial charge on any atom is -0.341 e. The van der Waals surface area contributed by atoms with E-state index in [2.05, 4.69) is 10.00 Å². The smallest absolute Gasteiger partial charge is 0.341 e. The lowest BCUT2D eigenvalue weighted by atomic mass is 10.0. The van der Waals surface area contributed by atoms with Crippen molar-refractivity contribution in [2.45, 2.75) is 51.4 Å². The Morgan fingerprint density at radius 3 is 2.56 bits per heavy atom. The van der Waals surface area contributed by atoms with Gasteiger partial charge in [-0.15, -0.1) is 0 Å². The predicted molar refractivity (Wildman–Crippen MR) is 126 cm³/mol. The molecular weight excluding hydrogens is 443 g/mol. The number of amides is 1. The largest absolute Gasteiger partial charge is 0.431 e. The summed E-state index contributed by atoms with van der Waals surface area (Å²) in [4.78, 5) is 18.7. The van der Waals surface area contributed by atoms with Crippen LogP contribution in [0.3, 0.4) is 0 Å². The topological polar surface area (TPSA) is 44.6 Å². The molecule has 0 aliphatic carbocycles. The second kappa shape index (κ2) is 9.09. The Hall–Kier alpha value is -2.81. The van der Waals surface area contributed by atoms with Gasteiger partial charge in [-0.05, 0) is 69.5 Å². The number of halogens is 3. The van der Waals surface area contributed by atoms with Crippen LogP contribution in [-0.4, -0.2) is 70.4 Å². The Balaban J connectivity index is 1.29. The molecule has 9 heteroatoms. The van der Waals surface area contributed by atoms with E-state index >= 15 is 0 Å². The van der Waals surface area contributed by atoms with Gasteiger partial charge in [0, 0.05) is 42.9 Å². The normalized spacial score (nSPS) is 20.4. The second-order valence-corrected chi connectivity index (χ2v) is 9.47. The highest BCUT2D eigenvalue weighted by Gasteiger charge is 2.38. The number of alkyl halides is 3. The van der Waals surface area contributed by atoms with Gasteiger partial charge in [0.2, 0.25) is 5.91 Å². The van der Waals surface area contributed by atoms with Crippen molar-refractivity contribution in [3.8, 4) is 0 Å². The number of anilines is 1. The first-order valence-electron chi connectivity index (χ1n) is 12.0. The summed E-state index contributed by atoms with van der Waals surface area (Å²) in [5.41, 5.74) is 1.19. The maximum Gasteiger partial charge on any atom is 0.431 e. The molecule has 4 heterocycles. The molecule has 0 N–H and O–H groups in total. The average Bonchev–Trinajstić information content (AvgIpc) is 3.48. The van der Waals surface area contributed by atoms with Crippen LogP contribution in [0.4, 0.5) is 18.9 Å². The van der Waals surface area contributed by atoms with E-state index in [0.717, 1.165) is 37.4 Å². The van der Waals surface area contributed by atoms with Crippen LogP contribution in [0.25, 0.3) is 10.9 Å². The minimum atomic E-state index is -4.44. The Kier molecular flexibility index (Phi) is 6.14. The molecule has 3 aliphatic heterocycles. The van der Waals surface area contributed by atoms with Gasteiger partial charge in [-0.1, -0.05) is 12.2 Å². The fourth-order valence-electron chi connectivity index (χ4n) is 5.40. The van der Waals surface area contributed by atoms with Crippen molar-refractivity contribution in [2.75, 3.05) is 37.6 Å². The standard InChI is InChI=1S/C25H30F3N5O/c1-18-14-21-19(15-22(18)33-11-3-2-6-23(33)25(26,27)28)16-32(29-21)17-24(34)31-12-7-20(8-13-31)30-9-4-5-10-30/h2-3,6,14-16,20H,4-5,7-13,17H2,1H3. The van der Waals surface area contributed by atoms with Crippen LogP contribution in [0.15, 0.2) is 42.3 Å². The zero-order valence-electron chi connectivity index (χ0n) is 19.4. The van der Waals surface area contributed by atoms with E-state index in [1.165, 1.54) is 36.9 Å². The van der Waals surface area contributed by atoms with E-state index in [1.807, 2.05) is 4.90 Å². The summed E-state index contributed by atoms with van der Waals surface area (Å²) in [5.74, 6) is 0.0353. The zero-order valence-corrected chi connectivity index (χ0v) is 19.4. The first kappa shape index (κ1) is 23.0. The summed E-state index contributed by atoms with van der Waals surface area (Å²) < 4.78 is 42.3. The maximum absolute atomic E-state index is 13.6. The minimum absolute atomic E-state index is 0.0353. The van der Waals surface area contributed by atoms with Crippen LogP contribution in [0.2, 0.25) is 0 Å². The van der Waals surface area contributed by atoms with Crippen molar-refractivity contribution in [3.05, 3.63) is 47.8 Å². The van der Waals surface area contributed by atoms with Gasteiger partial charge in [0.05, 0.1) is 5.52 Å². The van der Waals surface area contributed by atoms with Crippen LogP contribution in [0.5, 0.6) is 0 Å². The van der Waals surface area contributed by atoms with Crippen molar-refractivity contribution in [3.63, 3.8) is 0 Å². The molecule has 0 bridgehead atoms. The molecule has 1 aromatic heterocycles. The summed E-state index contributed by atoms with van der Waals surface area (Å²) in [7, 11) is 0. The van der Waals surface area contributed by atoms with E-state index in [9.17, 15) is 18.0 Å². The Morgan fingerprint density at radius 2 is 1.85 bits per heavy atom. The molecule has 34 heavy (non-hydrogen) atoms. The van der Waals surface area contributed by atoms with Crippen molar-refractivity contribution in [1.82, 2.24) is 19.6 Å². The number of piperidine rings is 1. The molecule has 1 aromatic carbocycles. The van der Waals surface area contributed by atoms with Crippen LogP contribution in [-0.2, 0) is 11.3 Å². The van der Waals surface area contributed by atoms with Crippen molar-refractivity contribution in [2.24, 2.45) is 0 Å². The molecule has 182 valence electrons. The highest BCUT2D eigenvalue weighted by Crippen LogP contribution is 2.36. The average molecular weight is 474 g/mol. The molecule has 0 atom stereocenters. The van der Waals surface area contributed by atoms with Crippen molar-refractivity contribution in [1.29, 1.82) is 0 Å².